The lowest BCUT2D eigenvalue weighted by Gasteiger charge is -2.34. The van der Waals surface area contributed by atoms with Crippen molar-refractivity contribution >= 4 is 31.4 Å². The normalized spacial score (nSPS) is 13.4. The van der Waals surface area contributed by atoms with Gasteiger partial charge in [0.2, 0.25) is 0 Å². The van der Waals surface area contributed by atoms with Crippen molar-refractivity contribution in [3.8, 4) is 0 Å². The minimum atomic E-state index is -3.48. The van der Waals surface area contributed by atoms with Gasteiger partial charge in [-0.15, -0.1) is 11.8 Å². The lowest BCUT2D eigenvalue weighted by Crippen LogP contribution is -2.36. The topological polar surface area (TPSA) is 68.3 Å². The van der Waals surface area contributed by atoms with Gasteiger partial charge in [-0.3, -0.25) is 0 Å². The van der Waals surface area contributed by atoms with Gasteiger partial charge < -0.3 is 0 Å². The van der Waals surface area contributed by atoms with E-state index in [0.717, 1.165) is 11.1 Å². The number of aryl methyl sites for hydroxylation is 2. The molecule has 0 fully saturated rings. The van der Waals surface area contributed by atoms with Gasteiger partial charge in [-0.25, -0.2) is 16.8 Å². The zero-order chi connectivity index (χ0) is 22.1. The van der Waals surface area contributed by atoms with Gasteiger partial charge in [-0.1, -0.05) is 35.4 Å². The van der Waals surface area contributed by atoms with E-state index in [4.69, 9.17) is 0 Å². The fourth-order valence-electron chi connectivity index (χ4n) is 3.38. The monoisotopic (exact) mass is 454 g/mol. The van der Waals surface area contributed by atoms with Crippen LogP contribution in [0.4, 0.5) is 0 Å². The zero-order valence-corrected chi connectivity index (χ0v) is 20.3. The molecule has 7 heteroatoms. The average molecular weight is 455 g/mol. The third-order valence-corrected chi connectivity index (χ3v) is 10.3. The standard InChI is InChI=1S/C22H30O4S3/c1-17-7-11-19(12-8-17)28(23,24)15-21(3,4)27-22(5,6)16-29(25,26)20-13-9-18(2)10-14-20/h7-14H,15-16H2,1-6H3. The first kappa shape index (κ1) is 24.0. The van der Waals surface area contributed by atoms with E-state index in [1.54, 1.807) is 48.5 Å². The Bertz CT molecular complexity index is 961. The van der Waals surface area contributed by atoms with Gasteiger partial charge in [0.05, 0.1) is 21.3 Å². The second kappa shape index (κ2) is 8.44. The van der Waals surface area contributed by atoms with E-state index in [1.807, 2.05) is 41.5 Å². The molecule has 0 aliphatic carbocycles. The number of hydrogen-bond donors (Lipinski definition) is 0. The Morgan fingerprint density at radius 1 is 0.621 bits per heavy atom. The van der Waals surface area contributed by atoms with E-state index in [2.05, 4.69) is 0 Å². The van der Waals surface area contributed by atoms with Gasteiger partial charge in [-0.2, -0.15) is 0 Å². The Labute approximate surface area is 180 Å². The molecule has 2 aromatic rings. The third kappa shape index (κ3) is 6.86. The molecule has 0 aliphatic heterocycles. The van der Waals surface area contributed by atoms with Gasteiger partial charge in [0.1, 0.15) is 0 Å². The second-order valence-electron chi connectivity index (χ2n) is 8.77. The van der Waals surface area contributed by atoms with Crippen LogP contribution in [0, 0.1) is 13.8 Å². The van der Waals surface area contributed by atoms with E-state index in [0.29, 0.717) is 9.79 Å². The Balaban J connectivity index is 2.16. The van der Waals surface area contributed by atoms with Crippen LogP contribution in [-0.4, -0.2) is 37.8 Å². The highest BCUT2D eigenvalue weighted by Gasteiger charge is 2.37. The van der Waals surface area contributed by atoms with Crippen LogP contribution in [-0.2, 0) is 19.7 Å². The molecular weight excluding hydrogens is 424 g/mol. The fourth-order valence-corrected chi connectivity index (χ4v) is 9.54. The number of rotatable bonds is 8. The van der Waals surface area contributed by atoms with Crippen LogP contribution in [0.15, 0.2) is 58.3 Å². The van der Waals surface area contributed by atoms with E-state index < -0.39 is 29.2 Å². The molecule has 29 heavy (non-hydrogen) atoms. The molecule has 2 rings (SSSR count). The van der Waals surface area contributed by atoms with E-state index in [1.165, 1.54) is 11.8 Å². The molecule has 0 N–H and O–H groups in total. The van der Waals surface area contributed by atoms with Crippen molar-refractivity contribution in [3.63, 3.8) is 0 Å². The molecule has 0 spiro atoms. The largest absolute Gasteiger partial charge is 0.224 e. The zero-order valence-electron chi connectivity index (χ0n) is 17.9. The van der Waals surface area contributed by atoms with E-state index >= 15 is 0 Å². The van der Waals surface area contributed by atoms with Crippen LogP contribution in [0.3, 0.4) is 0 Å². The van der Waals surface area contributed by atoms with E-state index in [-0.39, 0.29) is 11.5 Å². The molecule has 160 valence electrons. The van der Waals surface area contributed by atoms with Crippen LogP contribution < -0.4 is 0 Å². The summed E-state index contributed by atoms with van der Waals surface area (Å²) in [5, 5.41) is 0. The molecule has 0 unspecified atom stereocenters. The number of sulfone groups is 2. The minimum absolute atomic E-state index is 0.0677. The molecule has 0 amide bonds. The minimum Gasteiger partial charge on any atom is -0.224 e. The van der Waals surface area contributed by atoms with Crippen molar-refractivity contribution in [2.75, 3.05) is 11.5 Å². The summed E-state index contributed by atoms with van der Waals surface area (Å²) in [6.07, 6.45) is 0. The first-order valence-corrected chi connectivity index (χ1v) is 13.5. The number of thioether (sulfide) groups is 1. The van der Waals surface area contributed by atoms with Crippen molar-refractivity contribution in [1.29, 1.82) is 0 Å². The van der Waals surface area contributed by atoms with Crippen LogP contribution >= 0.6 is 11.8 Å². The van der Waals surface area contributed by atoms with Crippen LogP contribution in [0.1, 0.15) is 38.8 Å². The lowest BCUT2D eigenvalue weighted by molar-refractivity contribution is 0.585. The highest BCUT2D eigenvalue weighted by atomic mass is 32.2. The van der Waals surface area contributed by atoms with Crippen molar-refractivity contribution in [1.82, 2.24) is 0 Å². The predicted molar refractivity (Wildman–Crippen MR) is 122 cm³/mol. The SMILES string of the molecule is Cc1ccc(S(=O)(=O)CC(C)(C)SC(C)(C)CS(=O)(=O)c2ccc(C)cc2)cc1. The summed E-state index contributed by atoms with van der Waals surface area (Å²) in [6.45, 7) is 11.2. The summed E-state index contributed by atoms with van der Waals surface area (Å²) in [4.78, 5) is 0.587. The second-order valence-corrected chi connectivity index (χ2v) is 15.2. The summed E-state index contributed by atoms with van der Waals surface area (Å²) in [6, 6.07) is 13.6. The maximum absolute atomic E-state index is 12.9. The van der Waals surface area contributed by atoms with Crippen LogP contribution in [0.2, 0.25) is 0 Å². The Morgan fingerprint density at radius 3 is 1.17 bits per heavy atom. The van der Waals surface area contributed by atoms with Crippen molar-refractivity contribution < 1.29 is 16.8 Å². The van der Waals surface area contributed by atoms with Gasteiger partial charge >= 0.3 is 0 Å². The first-order valence-electron chi connectivity index (χ1n) is 9.41. The summed E-state index contributed by atoms with van der Waals surface area (Å²) in [5.74, 6) is -0.135. The lowest BCUT2D eigenvalue weighted by atomic mass is 10.2. The maximum Gasteiger partial charge on any atom is 0.179 e. The summed E-state index contributed by atoms with van der Waals surface area (Å²) >= 11 is 1.40. The Hall–Kier alpha value is -1.31. The first-order chi connectivity index (χ1) is 13.1. The molecule has 0 aromatic heterocycles. The number of benzene rings is 2. The van der Waals surface area contributed by atoms with Gasteiger partial charge in [0.15, 0.2) is 19.7 Å². The molecular formula is C22H30O4S3. The molecule has 0 atom stereocenters. The average Bonchev–Trinajstić information content (AvgIpc) is 2.52. The smallest absolute Gasteiger partial charge is 0.179 e. The molecule has 0 bridgehead atoms. The van der Waals surface area contributed by atoms with Crippen LogP contribution in [0.25, 0.3) is 0 Å². The summed E-state index contributed by atoms with van der Waals surface area (Å²) in [5.41, 5.74) is 2.00. The summed E-state index contributed by atoms with van der Waals surface area (Å²) < 4.78 is 50.1. The quantitative estimate of drug-likeness (QED) is 0.571. The molecule has 0 aliphatic rings. The molecule has 4 nitrogen and oxygen atoms in total. The molecule has 0 saturated carbocycles. The van der Waals surface area contributed by atoms with Gasteiger partial charge in [0.25, 0.3) is 0 Å². The molecule has 0 heterocycles. The van der Waals surface area contributed by atoms with Crippen molar-refractivity contribution in [3.05, 3.63) is 59.7 Å². The van der Waals surface area contributed by atoms with Gasteiger partial charge in [-0.05, 0) is 65.8 Å². The third-order valence-electron chi connectivity index (χ3n) is 4.39. The van der Waals surface area contributed by atoms with Crippen molar-refractivity contribution in [2.24, 2.45) is 0 Å². The van der Waals surface area contributed by atoms with Crippen molar-refractivity contribution in [2.45, 2.75) is 60.8 Å². The maximum atomic E-state index is 12.9. The summed E-state index contributed by atoms with van der Waals surface area (Å²) in [7, 11) is -6.96. The predicted octanol–water partition coefficient (Wildman–Crippen LogP) is 4.84. The molecule has 0 saturated heterocycles. The highest BCUT2D eigenvalue weighted by molar-refractivity contribution is 8.04. The molecule has 0 radical (unpaired) electrons. The number of hydrogen-bond acceptors (Lipinski definition) is 5. The van der Waals surface area contributed by atoms with E-state index in [9.17, 15) is 16.8 Å². The van der Waals surface area contributed by atoms with Crippen LogP contribution in [0.5, 0.6) is 0 Å². The highest BCUT2D eigenvalue weighted by Crippen LogP contribution is 2.40. The van der Waals surface area contributed by atoms with Gasteiger partial charge in [0, 0.05) is 9.49 Å². The fraction of sp³-hybridized carbons (Fsp3) is 0.455. The molecule has 2 aromatic carbocycles. The Morgan fingerprint density at radius 2 is 0.897 bits per heavy atom. The Kier molecular flexibility index (Phi) is 6.97.